The normalized spacial score (nSPS) is 30.6. The minimum atomic E-state index is -2.93. The first-order valence-electron chi connectivity index (χ1n) is 7.54. The molecule has 112 valence electrons. The van der Waals surface area contributed by atoms with Crippen molar-refractivity contribution in [2.75, 3.05) is 0 Å². The Bertz CT molecular complexity index is 626. The molecule has 0 saturated carbocycles. The highest BCUT2D eigenvalue weighted by atomic mass is 32.2. The highest BCUT2D eigenvalue weighted by Gasteiger charge is 2.48. The zero-order chi connectivity index (χ0) is 14.9. The minimum absolute atomic E-state index is 0.0635. The first-order valence-corrected chi connectivity index (χ1v) is 9.15. The quantitative estimate of drug-likeness (QED) is 0.859. The number of hydrogen-bond donors (Lipinski definition) is 0. The number of benzene rings is 1. The Labute approximate surface area is 126 Å². The van der Waals surface area contributed by atoms with E-state index in [-0.39, 0.29) is 22.2 Å². The van der Waals surface area contributed by atoms with Gasteiger partial charge in [0.25, 0.3) is 0 Å². The van der Waals surface area contributed by atoms with Crippen LogP contribution in [0.25, 0.3) is 6.08 Å². The minimum Gasteiger partial charge on any atom is -0.299 e. The van der Waals surface area contributed by atoms with Crippen LogP contribution in [0.2, 0.25) is 0 Å². The fourth-order valence-corrected chi connectivity index (χ4v) is 5.99. The van der Waals surface area contributed by atoms with Crippen LogP contribution in [0, 0.1) is 5.92 Å². The van der Waals surface area contributed by atoms with Gasteiger partial charge in [0.2, 0.25) is 0 Å². The van der Waals surface area contributed by atoms with Gasteiger partial charge in [0, 0.05) is 12.3 Å². The second kappa shape index (κ2) is 5.76. The summed E-state index contributed by atoms with van der Waals surface area (Å²) < 4.78 is 24.0. The van der Waals surface area contributed by atoms with Crippen LogP contribution in [0.15, 0.2) is 36.4 Å². The zero-order valence-electron chi connectivity index (χ0n) is 11.9. The summed E-state index contributed by atoms with van der Waals surface area (Å²) in [7, 11) is -2.93. The van der Waals surface area contributed by atoms with Crippen molar-refractivity contribution in [3.8, 4) is 0 Å². The van der Waals surface area contributed by atoms with Gasteiger partial charge in [-0.1, -0.05) is 42.5 Å². The van der Waals surface area contributed by atoms with Gasteiger partial charge in [0.1, 0.15) is 5.78 Å². The molecule has 2 saturated heterocycles. The third kappa shape index (κ3) is 2.95. The lowest BCUT2D eigenvalue weighted by atomic mass is 9.92. The Balaban J connectivity index is 1.59. The highest BCUT2D eigenvalue weighted by molar-refractivity contribution is 7.93. The van der Waals surface area contributed by atoms with Crippen LogP contribution in [-0.4, -0.2) is 24.7 Å². The van der Waals surface area contributed by atoms with Gasteiger partial charge in [-0.25, -0.2) is 8.42 Å². The molecule has 1 aromatic rings. The molecular weight excluding hydrogens is 284 g/mol. The number of sulfone groups is 1. The lowest BCUT2D eigenvalue weighted by Gasteiger charge is -2.26. The van der Waals surface area contributed by atoms with E-state index in [9.17, 15) is 13.2 Å². The van der Waals surface area contributed by atoms with Gasteiger partial charge < -0.3 is 0 Å². The molecule has 0 aliphatic carbocycles. The maximum Gasteiger partial charge on any atom is 0.156 e. The molecule has 2 unspecified atom stereocenters. The molecule has 2 aliphatic heterocycles. The SMILES string of the molecule is O=C(C/C=C/c1ccccc1)C1CC2CCC(C1)S2(=O)=O. The zero-order valence-corrected chi connectivity index (χ0v) is 12.8. The van der Waals surface area contributed by atoms with Gasteiger partial charge in [-0.2, -0.15) is 0 Å². The number of rotatable bonds is 4. The molecule has 1 aromatic carbocycles. The topological polar surface area (TPSA) is 51.2 Å². The lowest BCUT2D eigenvalue weighted by molar-refractivity contribution is -0.122. The summed E-state index contributed by atoms with van der Waals surface area (Å²) >= 11 is 0. The summed E-state index contributed by atoms with van der Waals surface area (Å²) in [5.74, 6) is 0.125. The predicted octanol–water partition coefficient (Wildman–Crippen LogP) is 3.01. The van der Waals surface area contributed by atoms with Gasteiger partial charge in [0.05, 0.1) is 10.5 Å². The van der Waals surface area contributed by atoms with E-state index in [0.29, 0.717) is 19.3 Å². The smallest absolute Gasteiger partial charge is 0.156 e. The Morgan fingerprint density at radius 3 is 2.33 bits per heavy atom. The first-order chi connectivity index (χ1) is 10.1. The number of carbonyl (C=O) groups excluding carboxylic acids is 1. The maximum atomic E-state index is 12.3. The van der Waals surface area contributed by atoms with Crippen LogP contribution in [-0.2, 0) is 14.6 Å². The van der Waals surface area contributed by atoms with E-state index in [4.69, 9.17) is 0 Å². The molecule has 2 atom stereocenters. The molecule has 2 heterocycles. The van der Waals surface area contributed by atoms with Gasteiger partial charge in [-0.15, -0.1) is 0 Å². The molecule has 0 aromatic heterocycles. The molecular formula is C17H20O3S. The van der Waals surface area contributed by atoms with Gasteiger partial charge in [-0.3, -0.25) is 4.79 Å². The first kappa shape index (κ1) is 14.5. The van der Waals surface area contributed by atoms with Crippen LogP contribution in [0.5, 0.6) is 0 Å². The number of Topliss-reactive ketones (excluding diaryl/α,β-unsaturated/α-hetero) is 1. The molecule has 0 amide bonds. The van der Waals surface area contributed by atoms with Crippen molar-refractivity contribution in [2.24, 2.45) is 5.92 Å². The molecule has 3 nitrogen and oxygen atoms in total. The monoisotopic (exact) mass is 304 g/mol. The summed E-state index contributed by atoms with van der Waals surface area (Å²) in [6.07, 6.45) is 6.81. The van der Waals surface area contributed by atoms with Crippen molar-refractivity contribution in [3.05, 3.63) is 42.0 Å². The lowest BCUT2D eigenvalue weighted by Crippen LogP contribution is -2.35. The Morgan fingerprint density at radius 1 is 1.10 bits per heavy atom. The second-order valence-electron chi connectivity index (χ2n) is 6.06. The van der Waals surface area contributed by atoms with Crippen molar-refractivity contribution in [1.29, 1.82) is 0 Å². The summed E-state index contributed by atoms with van der Waals surface area (Å²) in [6.45, 7) is 0. The number of fused-ring (bicyclic) bond motifs is 2. The molecule has 2 fully saturated rings. The molecule has 0 N–H and O–H groups in total. The maximum absolute atomic E-state index is 12.3. The average molecular weight is 304 g/mol. The van der Waals surface area contributed by atoms with E-state index in [1.54, 1.807) is 0 Å². The van der Waals surface area contributed by atoms with E-state index in [1.807, 2.05) is 42.5 Å². The Kier molecular flexibility index (Phi) is 3.98. The fraction of sp³-hybridized carbons (Fsp3) is 0.471. The Hall–Kier alpha value is -1.42. The van der Waals surface area contributed by atoms with Crippen molar-refractivity contribution in [3.63, 3.8) is 0 Å². The van der Waals surface area contributed by atoms with Gasteiger partial charge >= 0.3 is 0 Å². The molecule has 2 bridgehead atoms. The number of ketones is 1. The van der Waals surface area contributed by atoms with Crippen molar-refractivity contribution < 1.29 is 13.2 Å². The van der Waals surface area contributed by atoms with Crippen LogP contribution < -0.4 is 0 Å². The number of carbonyl (C=O) groups is 1. The summed E-state index contributed by atoms with van der Waals surface area (Å²) in [6, 6.07) is 9.87. The largest absolute Gasteiger partial charge is 0.299 e. The van der Waals surface area contributed by atoms with E-state index in [0.717, 1.165) is 18.4 Å². The molecule has 2 aliphatic rings. The van der Waals surface area contributed by atoms with Gasteiger partial charge in [-0.05, 0) is 31.2 Å². The van der Waals surface area contributed by atoms with E-state index in [2.05, 4.69) is 0 Å². The van der Waals surface area contributed by atoms with Gasteiger partial charge in [0.15, 0.2) is 9.84 Å². The van der Waals surface area contributed by atoms with Crippen LogP contribution in [0.4, 0.5) is 0 Å². The molecule has 4 heteroatoms. The number of allylic oxidation sites excluding steroid dienone is 1. The summed E-state index contributed by atoms with van der Waals surface area (Å²) in [5.41, 5.74) is 1.08. The van der Waals surface area contributed by atoms with Crippen molar-refractivity contribution in [1.82, 2.24) is 0 Å². The van der Waals surface area contributed by atoms with Crippen molar-refractivity contribution in [2.45, 2.75) is 42.6 Å². The third-order valence-corrected chi connectivity index (χ3v) is 7.43. The second-order valence-corrected chi connectivity index (χ2v) is 8.57. The molecule has 0 spiro atoms. The third-order valence-electron chi connectivity index (χ3n) is 4.72. The van der Waals surface area contributed by atoms with E-state index < -0.39 is 9.84 Å². The molecule has 3 rings (SSSR count). The molecule has 0 radical (unpaired) electrons. The van der Waals surface area contributed by atoms with Crippen LogP contribution >= 0.6 is 0 Å². The summed E-state index contributed by atoms with van der Waals surface area (Å²) in [4.78, 5) is 12.3. The van der Waals surface area contributed by atoms with Crippen molar-refractivity contribution >= 4 is 21.7 Å². The van der Waals surface area contributed by atoms with E-state index in [1.165, 1.54) is 0 Å². The standard InChI is InChI=1S/C17H20O3S/c18-17(8-4-7-13-5-2-1-3-6-13)14-11-15-9-10-16(12-14)21(15,19)20/h1-7,14-16H,8-12H2/b7-4+. The average Bonchev–Trinajstić information content (AvgIpc) is 2.68. The van der Waals surface area contributed by atoms with E-state index >= 15 is 0 Å². The fourth-order valence-electron chi connectivity index (χ4n) is 3.51. The Morgan fingerprint density at radius 2 is 1.71 bits per heavy atom. The predicted molar refractivity (Wildman–Crippen MR) is 83.6 cm³/mol. The molecule has 21 heavy (non-hydrogen) atoms. The number of hydrogen-bond acceptors (Lipinski definition) is 3. The summed E-state index contributed by atoms with van der Waals surface area (Å²) in [5, 5.41) is -0.522. The van der Waals surface area contributed by atoms with Crippen LogP contribution in [0.1, 0.15) is 37.7 Å². The van der Waals surface area contributed by atoms with Crippen LogP contribution in [0.3, 0.4) is 0 Å². The highest BCUT2D eigenvalue weighted by Crippen LogP contribution is 2.41.